The predicted molar refractivity (Wildman–Crippen MR) is 90.9 cm³/mol. The van der Waals surface area contributed by atoms with Gasteiger partial charge in [-0.05, 0) is 31.9 Å². The molecule has 1 aromatic carbocycles. The molecule has 0 saturated carbocycles. The second-order valence-corrected chi connectivity index (χ2v) is 6.04. The van der Waals surface area contributed by atoms with Crippen molar-refractivity contribution in [1.29, 1.82) is 0 Å². The van der Waals surface area contributed by atoms with Gasteiger partial charge in [-0.2, -0.15) is 0 Å². The SMILES string of the molecule is Cc1ccc(Oc2nccnc2[C@@H]2CCCN(C(=O)CN)C2)cc1. The zero-order valence-electron chi connectivity index (χ0n) is 13.8. The highest BCUT2D eigenvalue weighted by Crippen LogP contribution is 2.32. The summed E-state index contributed by atoms with van der Waals surface area (Å²) in [6.45, 7) is 3.43. The Hall–Kier alpha value is -2.47. The Kier molecular flexibility index (Phi) is 5.05. The summed E-state index contributed by atoms with van der Waals surface area (Å²) in [5.74, 6) is 1.33. The topological polar surface area (TPSA) is 81.3 Å². The molecule has 0 radical (unpaired) electrons. The summed E-state index contributed by atoms with van der Waals surface area (Å²) in [6, 6.07) is 7.82. The van der Waals surface area contributed by atoms with Gasteiger partial charge in [0.15, 0.2) is 0 Å². The molecule has 126 valence electrons. The Bertz CT molecular complexity index is 702. The molecular formula is C18H22N4O2. The average Bonchev–Trinajstić information content (AvgIpc) is 2.63. The van der Waals surface area contributed by atoms with Gasteiger partial charge < -0.3 is 15.4 Å². The highest BCUT2D eigenvalue weighted by atomic mass is 16.5. The first kappa shape index (κ1) is 16.4. The van der Waals surface area contributed by atoms with Crippen LogP contribution in [0.25, 0.3) is 0 Å². The molecule has 24 heavy (non-hydrogen) atoms. The van der Waals surface area contributed by atoms with Gasteiger partial charge in [-0.3, -0.25) is 9.78 Å². The zero-order valence-corrected chi connectivity index (χ0v) is 13.8. The van der Waals surface area contributed by atoms with Gasteiger partial charge in [0.2, 0.25) is 11.8 Å². The quantitative estimate of drug-likeness (QED) is 0.932. The molecule has 1 fully saturated rings. The lowest BCUT2D eigenvalue weighted by molar-refractivity contribution is -0.130. The van der Waals surface area contributed by atoms with Crippen molar-refractivity contribution in [2.24, 2.45) is 5.73 Å². The van der Waals surface area contributed by atoms with Gasteiger partial charge >= 0.3 is 0 Å². The summed E-state index contributed by atoms with van der Waals surface area (Å²) < 4.78 is 5.94. The van der Waals surface area contributed by atoms with Crippen molar-refractivity contribution in [3.8, 4) is 11.6 Å². The van der Waals surface area contributed by atoms with Crippen LogP contribution in [0.4, 0.5) is 0 Å². The maximum Gasteiger partial charge on any atom is 0.241 e. The Morgan fingerprint density at radius 1 is 1.29 bits per heavy atom. The van der Waals surface area contributed by atoms with Gasteiger partial charge in [0, 0.05) is 31.4 Å². The van der Waals surface area contributed by atoms with Crippen molar-refractivity contribution in [3.05, 3.63) is 47.9 Å². The molecule has 0 bridgehead atoms. The van der Waals surface area contributed by atoms with Crippen LogP contribution in [0.1, 0.15) is 30.0 Å². The molecule has 3 rings (SSSR count). The minimum absolute atomic E-state index is 0.0235. The van der Waals surface area contributed by atoms with Gasteiger partial charge in [-0.15, -0.1) is 0 Å². The largest absolute Gasteiger partial charge is 0.437 e. The van der Waals surface area contributed by atoms with Crippen LogP contribution in [-0.4, -0.2) is 40.4 Å². The van der Waals surface area contributed by atoms with Crippen molar-refractivity contribution in [2.45, 2.75) is 25.7 Å². The first-order valence-electron chi connectivity index (χ1n) is 8.20. The third-order valence-electron chi connectivity index (χ3n) is 4.26. The number of aromatic nitrogens is 2. The minimum Gasteiger partial charge on any atom is -0.437 e. The molecule has 1 aliphatic heterocycles. The number of carbonyl (C=O) groups excluding carboxylic acids is 1. The second-order valence-electron chi connectivity index (χ2n) is 6.04. The predicted octanol–water partition coefficient (Wildman–Crippen LogP) is 2.24. The molecule has 2 N–H and O–H groups in total. The summed E-state index contributed by atoms with van der Waals surface area (Å²) in [7, 11) is 0. The number of nitrogens with two attached hydrogens (primary N) is 1. The van der Waals surface area contributed by atoms with E-state index in [0.29, 0.717) is 12.4 Å². The number of likely N-dealkylation sites (tertiary alicyclic amines) is 1. The summed E-state index contributed by atoms with van der Waals surface area (Å²) >= 11 is 0. The number of carbonyl (C=O) groups is 1. The highest BCUT2D eigenvalue weighted by molar-refractivity contribution is 5.78. The van der Waals surface area contributed by atoms with E-state index in [1.807, 2.05) is 31.2 Å². The first-order chi connectivity index (χ1) is 11.7. The van der Waals surface area contributed by atoms with Gasteiger partial charge in [0.05, 0.1) is 6.54 Å². The van der Waals surface area contributed by atoms with Gasteiger partial charge in [0.1, 0.15) is 11.4 Å². The third-order valence-corrected chi connectivity index (χ3v) is 4.26. The molecule has 2 aromatic rings. The van der Waals surface area contributed by atoms with Crippen LogP contribution < -0.4 is 10.5 Å². The summed E-state index contributed by atoms with van der Waals surface area (Å²) in [6.07, 6.45) is 5.17. The van der Waals surface area contributed by atoms with E-state index in [9.17, 15) is 4.79 Å². The second kappa shape index (κ2) is 7.40. The van der Waals surface area contributed by atoms with E-state index in [0.717, 1.165) is 30.8 Å². The van der Waals surface area contributed by atoms with Crippen molar-refractivity contribution >= 4 is 5.91 Å². The minimum atomic E-state index is -0.0235. The number of nitrogens with zero attached hydrogens (tertiary/aromatic N) is 3. The first-order valence-corrected chi connectivity index (χ1v) is 8.20. The number of amides is 1. The van der Waals surface area contributed by atoms with E-state index in [4.69, 9.17) is 10.5 Å². The van der Waals surface area contributed by atoms with E-state index < -0.39 is 0 Å². The van der Waals surface area contributed by atoms with Gasteiger partial charge in [-0.1, -0.05) is 17.7 Å². The number of benzene rings is 1. The molecule has 2 heterocycles. The summed E-state index contributed by atoms with van der Waals surface area (Å²) in [4.78, 5) is 22.5. The van der Waals surface area contributed by atoms with Gasteiger partial charge in [0.25, 0.3) is 0 Å². The number of ether oxygens (including phenoxy) is 1. The van der Waals surface area contributed by atoms with E-state index >= 15 is 0 Å². The fourth-order valence-corrected chi connectivity index (χ4v) is 2.97. The van der Waals surface area contributed by atoms with Crippen molar-refractivity contribution < 1.29 is 9.53 Å². The number of hydrogen-bond donors (Lipinski definition) is 1. The van der Waals surface area contributed by atoms with Crippen LogP contribution in [0.3, 0.4) is 0 Å². The molecule has 6 nitrogen and oxygen atoms in total. The normalized spacial score (nSPS) is 17.6. The number of piperidine rings is 1. The van der Waals surface area contributed by atoms with Crippen LogP contribution in [-0.2, 0) is 4.79 Å². The van der Waals surface area contributed by atoms with Crippen LogP contribution in [0.2, 0.25) is 0 Å². The Labute approximate surface area is 141 Å². The fraction of sp³-hybridized carbons (Fsp3) is 0.389. The fourth-order valence-electron chi connectivity index (χ4n) is 2.97. The summed E-state index contributed by atoms with van der Waals surface area (Å²) in [5, 5.41) is 0. The van der Waals surface area contributed by atoms with E-state index in [1.165, 1.54) is 5.56 Å². The lowest BCUT2D eigenvalue weighted by Crippen LogP contribution is -2.42. The van der Waals surface area contributed by atoms with Crippen molar-refractivity contribution in [3.63, 3.8) is 0 Å². The number of hydrogen-bond acceptors (Lipinski definition) is 5. The molecule has 0 aliphatic carbocycles. The standard InChI is InChI=1S/C18H22N4O2/c1-13-4-6-15(7-5-13)24-18-17(20-8-9-21-18)14-3-2-10-22(12-14)16(23)11-19/h4-9,14H,2-3,10-12,19H2,1H3/t14-/m1/s1. The van der Waals surface area contributed by atoms with E-state index in [-0.39, 0.29) is 18.4 Å². The lowest BCUT2D eigenvalue weighted by Gasteiger charge is -2.32. The Morgan fingerprint density at radius 2 is 2.04 bits per heavy atom. The molecule has 1 aliphatic rings. The smallest absolute Gasteiger partial charge is 0.241 e. The molecule has 0 unspecified atom stereocenters. The van der Waals surface area contributed by atoms with E-state index in [2.05, 4.69) is 9.97 Å². The van der Waals surface area contributed by atoms with Crippen LogP contribution in [0.5, 0.6) is 11.6 Å². The van der Waals surface area contributed by atoms with Gasteiger partial charge in [-0.25, -0.2) is 4.98 Å². The van der Waals surface area contributed by atoms with Crippen LogP contribution >= 0.6 is 0 Å². The van der Waals surface area contributed by atoms with E-state index in [1.54, 1.807) is 17.3 Å². The monoisotopic (exact) mass is 326 g/mol. The lowest BCUT2D eigenvalue weighted by atomic mass is 9.94. The third kappa shape index (κ3) is 3.71. The maximum absolute atomic E-state index is 11.9. The maximum atomic E-state index is 11.9. The Morgan fingerprint density at radius 3 is 2.79 bits per heavy atom. The Balaban J connectivity index is 1.80. The molecule has 6 heteroatoms. The molecule has 1 aromatic heterocycles. The van der Waals surface area contributed by atoms with Crippen LogP contribution in [0.15, 0.2) is 36.7 Å². The van der Waals surface area contributed by atoms with Crippen LogP contribution in [0, 0.1) is 6.92 Å². The number of rotatable bonds is 4. The molecule has 1 atom stereocenters. The average molecular weight is 326 g/mol. The zero-order chi connectivity index (χ0) is 16.9. The van der Waals surface area contributed by atoms with Crippen molar-refractivity contribution in [2.75, 3.05) is 19.6 Å². The van der Waals surface area contributed by atoms with Crippen molar-refractivity contribution in [1.82, 2.24) is 14.9 Å². The molecule has 1 saturated heterocycles. The molecular weight excluding hydrogens is 304 g/mol. The highest BCUT2D eigenvalue weighted by Gasteiger charge is 2.27. The molecule has 0 spiro atoms. The molecule has 1 amide bonds. The number of aryl methyl sites for hydroxylation is 1. The summed E-state index contributed by atoms with van der Waals surface area (Å²) in [5.41, 5.74) is 7.46.